The number of urea groups is 1. The van der Waals surface area contributed by atoms with Crippen LogP contribution in [0.15, 0.2) is 42.5 Å². The Kier molecular flexibility index (Phi) is 19.9. The van der Waals surface area contributed by atoms with E-state index in [1.54, 1.807) is 11.8 Å². The quantitative estimate of drug-likeness (QED) is 0.130. The summed E-state index contributed by atoms with van der Waals surface area (Å²) in [6.45, 7) is 13.4. The number of nitrogens with one attached hydrogen (secondary N) is 3. The molecule has 1 heterocycles. The largest absolute Gasteiger partial charge is 0.332 e. The molecule has 5 rings (SSSR count). The number of carbonyl (C=O) groups excluding carboxylic acids is 4. The molecule has 3 N–H and O–H groups in total. The summed E-state index contributed by atoms with van der Waals surface area (Å²) in [5.41, 5.74) is 0.928. The van der Waals surface area contributed by atoms with Crippen molar-refractivity contribution in [2.24, 2.45) is 11.3 Å². The summed E-state index contributed by atoms with van der Waals surface area (Å²) in [6.07, 6.45) is 20.1. The average molecular weight is 705 g/mol. The molecule has 51 heavy (non-hydrogen) atoms. The predicted molar refractivity (Wildman–Crippen MR) is 209 cm³/mol. The number of aldehydes is 2. The minimum absolute atomic E-state index is 0.235. The molecule has 0 saturated heterocycles. The van der Waals surface area contributed by atoms with Crippen LogP contribution in [-0.2, 0) is 20.8 Å². The standard InChI is InChI=1S/C27H37N3O3.C7H15N.C5H10.C4H6O/c1-26(2,3)23(24(32)30-18-12-5-9-15-22(30)20-31)28-25(33)29-27(16-10-6-11-17-27)19-21-13-7-4-8-14-21;1-6(8-2)5-7-3-4-7;1-2-4-5-3-1;1-4(2)3-5/h4,7-8,13-14,20,22-23H,6,10-12,15-19H2,1-3H3,(H2,28,29,33);6-8H,3-5H2,1-2H3;1-5H2;3H,1H2,2H3. The molecule has 3 fully saturated rings. The highest BCUT2D eigenvalue weighted by molar-refractivity contribution is 5.89. The Labute approximate surface area is 309 Å². The molecular formula is C43H68N4O4. The van der Waals surface area contributed by atoms with E-state index in [0.29, 0.717) is 25.0 Å². The number of amides is 3. The van der Waals surface area contributed by atoms with Crippen LogP contribution < -0.4 is 16.0 Å². The summed E-state index contributed by atoms with van der Waals surface area (Å²) in [4.78, 5) is 49.4. The second kappa shape index (κ2) is 23.2. The van der Waals surface area contributed by atoms with Crippen LogP contribution in [0.25, 0.3) is 0 Å². The zero-order valence-electron chi connectivity index (χ0n) is 32.7. The summed E-state index contributed by atoms with van der Waals surface area (Å²) >= 11 is 0. The maximum atomic E-state index is 13.5. The van der Waals surface area contributed by atoms with E-state index < -0.39 is 17.5 Å². The number of hydrogen-bond acceptors (Lipinski definition) is 5. The number of rotatable bonds is 10. The number of benzene rings is 1. The fraction of sp³-hybridized carbons (Fsp3) is 0.674. The first-order valence-electron chi connectivity index (χ1n) is 19.5. The van der Waals surface area contributed by atoms with Gasteiger partial charge in [0.1, 0.15) is 18.6 Å². The molecule has 0 radical (unpaired) electrons. The highest BCUT2D eigenvalue weighted by Crippen LogP contribution is 2.33. The summed E-state index contributed by atoms with van der Waals surface area (Å²) < 4.78 is 0. The van der Waals surface area contributed by atoms with Gasteiger partial charge in [-0.15, -0.1) is 11.8 Å². The third-order valence-electron chi connectivity index (χ3n) is 10.0. The van der Waals surface area contributed by atoms with E-state index in [2.05, 4.69) is 53.4 Å². The maximum absolute atomic E-state index is 13.5. The van der Waals surface area contributed by atoms with Gasteiger partial charge in [0.05, 0.1) is 6.04 Å². The van der Waals surface area contributed by atoms with E-state index in [0.717, 1.165) is 56.6 Å². The summed E-state index contributed by atoms with van der Waals surface area (Å²) in [5.74, 6) is 6.79. The lowest BCUT2D eigenvalue weighted by molar-refractivity contribution is -0.140. The number of carbonyl (C=O) groups is 4. The van der Waals surface area contributed by atoms with Crippen molar-refractivity contribution in [1.82, 2.24) is 20.9 Å². The van der Waals surface area contributed by atoms with Gasteiger partial charge in [-0.05, 0) is 69.0 Å². The van der Waals surface area contributed by atoms with Crippen molar-refractivity contribution in [3.05, 3.63) is 48.0 Å². The van der Waals surface area contributed by atoms with Crippen molar-refractivity contribution in [3.63, 3.8) is 0 Å². The normalized spacial score (nSPS) is 20.3. The lowest BCUT2D eigenvalue weighted by Crippen LogP contribution is -2.62. The third kappa shape index (κ3) is 17.6. The van der Waals surface area contributed by atoms with E-state index in [4.69, 9.17) is 0 Å². The molecule has 0 aromatic heterocycles. The zero-order valence-corrected chi connectivity index (χ0v) is 32.7. The summed E-state index contributed by atoms with van der Waals surface area (Å²) in [6, 6.07) is 9.31. The maximum Gasteiger partial charge on any atom is 0.315 e. The Hall–Kier alpha value is -3.44. The van der Waals surface area contributed by atoms with Gasteiger partial charge in [0.2, 0.25) is 5.91 Å². The number of hydrogen-bond donors (Lipinski definition) is 3. The van der Waals surface area contributed by atoms with Crippen LogP contribution in [0.2, 0.25) is 0 Å². The Morgan fingerprint density at radius 3 is 2.04 bits per heavy atom. The highest BCUT2D eigenvalue weighted by Gasteiger charge is 2.40. The lowest BCUT2D eigenvalue weighted by Gasteiger charge is -2.40. The molecule has 1 aromatic carbocycles. The highest BCUT2D eigenvalue weighted by atomic mass is 16.2. The predicted octanol–water partition coefficient (Wildman–Crippen LogP) is 7.95. The molecular weight excluding hydrogens is 636 g/mol. The first kappa shape index (κ1) is 43.7. The first-order chi connectivity index (χ1) is 24.3. The molecule has 284 valence electrons. The molecule has 1 aromatic rings. The zero-order chi connectivity index (χ0) is 37.7. The van der Waals surface area contributed by atoms with E-state index >= 15 is 0 Å². The number of nitrogens with zero attached hydrogens (tertiary/aromatic N) is 1. The fourth-order valence-corrected chi connectivity index (χ4v) is 6.75. The molecule has 8 heteroatoms. The molecule has 3 aliphatic carbocycles. The van der Waals surface area contributed by atoms with E-state index in [-0.39, 0.29) is 17.5 Å². The van der Waals surface area contributed by atoms with Crippen molar-refractivity contribution >= 4 is 24.5 Å². The minimum Gasteiger partial charge on any atom is -0.332 e. The van der Waals surface area contributed by atoms with Crippen molar-refractivity contribution in [3.8, 4) is 11.8 Å². The number of allylic oxidation sites excluding steroid dienone is 1. The summed E-state index contributed by atoms with van der Waals surface area (Å²) in [7, 11) is 2.03. The van der Waals surface area contributed by atoms with Crippen molar-refractivity contribution in [2.45, 2.75) is 161 Å². The molecule has 3 unspecified atom stereocenters. The first-order valence-corrected chi connectivity index (χ1v) is 19.5. The van der Waals surface area contributed by atoms with Crippen LogP contribution in [0.1, 0.15) is 136 Å². The van der Waals surface area contributed by atoms with Crippen LogP contribution in [0, 0.1) is 23.2 Å². The van der Waals surface area contributed by atoms with Gasteiger partial charge in [-0.25, -0.2) is 4.79 Å². The Morgan fingerprint density at radius 1 is 0.980 bits per heavy atom. The molecule has 3 atom stereocenters. The molecule has 0 spiro atoms. The second-order valence-corrected chi connectivity index (χ2v) is 16.0. The van der Waals surface area contributed by atoms with Crippen molar-refractivity contribution in [1.29, 1.82) is 0 Å². The third-order valence-corrected chi connectivity index (χ3v) is 10.0. The molecule has 4 aliphatic rings. The van der Waals surface area contributed by atoms with E-state index in [9.17, 15) is 19.2 Å². The van der Waals surface area contributed by atoms with Crippen LogP contribution in [0.4, 0.5) is 4.79 Å². The Balaban J connectivity index is 0.000000403. The molecule has 3 saturated carbocycles. The fourth-order valence-electron chi connectivity index (χ4n) is 6.75. The van der Waals surface area contributed by atoms with Crippen LogP contribution >= 0.6 is 0 Å². The second-order valence-electron chi connectivity index (χ2n) is 16.0. The van der Waals surface area contributed by atoms with Gasteiger partial charge >= 0.3 is 6.03 Å². The van der Waals surface area contributed by atoms with Gasteiger partial charge in [0.15, 0.2) is 0 Å². The van der Waals surface area contributed by atoms with Gasteiger partial charge in [-0.2, -0.15) is 0 Å². The molecule has 8 nitrogen and oxygen atoms in total. The smallest absolute Gasteiger partial charge is 0.315 e. The SMILES string of the molecule is C1CCCC1.C=C(C)C=O.CC(C)(C)C(NC(=O)NC1(Cc2ccccc2)CCCCC1)C(=O)N1CCC#CCC1C=O.CNC(C)CC1CC1. The van der Waals surface area contributed by atoms with Crippen LogP contribution in [0.5, 0.6) is 0 Å². The van der Waals surface area contributed by atoms with Crippen molar-refractivity contribution < 1.29 is 19.2 Å². The lowest BCUT2D eigenvalue weighted by atomic mass is 9.77. The van der Waals surface area contributed by atoms with Gasteiger partial charge in [-0.3, -0.25) is 9.59 Å². The summed E-state index contributed by atoms with van der Waals surface area (Å²) in [5, 5.41) is 9.48. The van der Waals surface area contributed by atoms with Crippen LogP contribution in [-0.4, -0.2) is 66.7 Å². The average Bonchev–Trinajstić information content (AvgIpc) is 3.78. The Morgan fingerprint density at radius 2 is 1.55 bits per heavy atom. The molecule has 1 aliphatic heterocycles. The minimum atomic E-state index is -0.754. The van der Waals surface area contributed by atoms with Crippen molar-refractivity contribution in [2.75, 3.05) is 13.6 Å². The topological polar surface area (TPSA) is 108 Å². The van der Waals surface area contributed by atoms with Gasteiger partial charge in [0.25, 0.3) is 0 Å². The van der Waals surface area contributed by atoms with Gasteiger partial charge in [0, 0.05) is 31.0 Å². The van der Waals surface area contributed by atoms with Gasteiger partial charge < -0.3 is 25.6 Å². The monoisotopic (exact) mass is 705 g/mol. The molecule has 3 amide bonds. The van der Waals surface area contributed by atoms with Crippen LogP contribution in [0.3, 0.4) is 0 Å². The Bertz CT molecular complexity index is 1260. The van der Waals surface area contributed by atoms with Gasteiger partial charge in [-0.1, -0.05) is 122 Å². The van der Waals surface area contributed by atoms with E-state index in [1.165, 1.54) is 63.4 Å². The molecule has 0 bridgehead atoms. The van der Waals surface area contributed by atoms with E-state index in [1.807, 2.05) is 46.0 Å².